The van der Waals surface area contributed by atoms with Crippen LogP contribution in [-0.4, -0.2) is 24.0 Å². The van der Waals surface area contributed by atoms with Crippen LogP contribution in [0, 0.1) is 0 Å². The number of rotatable bonds is 3. The zero-order chi connectivity index (χ0) is 11.5. The quantitative estimate of drug-likeness (QED) is 0.845. The molecule has 5 heteroatoms. The van der Waals surface area contributed by atoms with E-state index in [4.69, 9.17) is 9.47 Å². The van der Waals surface area contributed by atoms with Crippen molar-refractivity contribution in [3.05, 3.63) is 40.8 Å². The third kappa shape index (κ3) is 1.67. The fourth-order valence-corrected chi connectivity index (χ4v) is 1.48. The molecule has 84 valence electrons. The minimum Gasteiger partial charge on any atom is -0.497 e. The van der Waals surface area contributed by atoms with Crippen molar-refractivity contribution in [2.75, 3.05) is 14.2 Å². The number of ether oxygens (including phenoxy) is 2. The van der Waals surface area contributed by atoms with E-state index in [0.29, 0.717) is 17.2 Å². The van der Waals surface area contributed by atoms with Gasteiger partial charge in [-0.2, -0.15) is 0 Å². The first kappa shape index (κ1) is 10.4. The topological polar surface area (TPSA) is 56.2 Å². The molecular weight excluding hydrogens is 208 g/mol. The van der Waals surface area contributed by atoms with Gasteiger partial charge in [0.2, 0.25) is 0 Å². The summed E-state index contributed by atoms with van der Waals surface area (Å²) in [6.07, 6.45) is 1.58. The second-order valence-corrected chi connectivity index (χ2v) is 3.17. The molecule has 0 amide bonds. The van der Waals surface area contributed by atoms with Gasteiger partial charge in [-0.15, -0.1) is 0 Å². The molecular formula is C11H12N2O3. The summed E-state index contributed by atoms with van der Waals surface area (Å²) < 4.78 is 11.7. The molecule has 0 atom stereocenters. The molecule has 0 aliphatic carbocycles. The van der Waals surface area contributed by atoms with E-state index < -0.39 is 0 Å². The predicted octanol–water partition coefficient (Wildman–Crippen LogP) is 1.18. The molecule has 1 heterocycles. The van der Waals surface area contributed by atoms with Gasteiger partial charge in [0.1, 0.15) is 17.2 Å². The summed E-state index contributed by atoms with van der Waals surface area (Å²) >= 11 is 0. The zero-order valence-corrected chi connectivity index (χ0v) is 9.06. The summed E-state index contributed by atoms with van der Waals surface area (Å²) in [6.45, 7) is 0. The Morgan fingerprint density at radius 1 is 1.19 bits per heavy atom. The lowest BCUT2D eigenvalue weighted by Gasteiger charge is -2.10. The van der Waals surface area contributed by atoms with Crippen LogP contribution >= 0.6 is 0 Å². The van der Waals surface area contributed by atoms with Crippen LogP contribution < -0.4 is 15.0 Å². The number of methoxy groups -OCH3 is 2. The molecule has 0 fully saturated rings. The van der Waals surface area contributed by atoms with Crippen LogP contribution in [0.4, 0.5) is 0 Å². The van der Waals surface area contributed by atoms with E-state index in [0.717, 1.165) is 0 Å². The second-order valence-electron chi connectivity index (χ2n) is 3.17. The van der Waals surface area contributed by atoms with Gasteiger partial charge in [0.05, 0.1) is 14.2 Å². The maximum absolute atomic E-state index is 11.5. The Balaban J connectivity index is 2.57. The van der Waals surface area contributed by atoms with Crippen molar-refractivity contribution in [2.24, 2.45) is 0 Å². The first-order chi connectivity index (χ1) is 7.76. The first-order valence-corrected chi connectivity index (χ1v) is 4.75. The Kier molecular flexibility index (Phi) is 2.68. The highest BCUT2D eigenvalue weighted by Crippen LogP contribution is 2.26. The molecule has 0 aliphatic rings. The molecule has 1 N–H and O–H groups in total. The molecule has 16 heavy (non-hydrogen) atoms. The fourth-order valence-electron chi connectivity index (χ4n) is 1.48. The van der Waals surface area contributed by atoms with Gasteiger partial charge in [-0.25, -0.2) is 4.68 Å². The van der Waals surface area contributed by atoms with Crippen LogP contribution in [0.5, 0.6) is 11.5 Å². The highest BCUT2D eigenvalue weighted by Gasteiger charge is 2.08. The number of aromatic amines is 1. The molecule has 0 aliphatic heterocycles. The van der Waals surface area contributed by atoms with E-state index in [9.17, 15) is 4.79 Å². The van der Waals surface area contributed by atoms with E-state index in [1.165, 1.54) is 10.7 Å². The second kappa shape index (κ2) is 4.14. The lowest BCUT2D eigenvalue weighted by Crippen LogP contribution is -2.14. The van der Waals surface area contributed by atoms with Gasteiger partial charge in [-0.1, -0.05) is 0 Å². The molecule has 0 saturated carbocycles. The van der Waals surface area contributed by atoms with Crippen molar-refractivity contribution >= 4 is 0 Å². The summed E-state index contributed by atoms with van der Waals surface area (Å²) in [4.78, 5) is 11.5. The average molecular weight is 220 g/mol. The van der Waals surface area contributed by atoms with Gasteiger partial charge in [0.25, 0.3) is 5.56 Å². The largest absolute Gasteiger partial charge is 0.497 e. The Labute approximate surface area is 92.2 Å². The van der Waals surface area contributed by atoms with Gasteiger partial charge >= 0.3 is 0 Å². The average Bonchev–Trinajstić information content (AvgIpc) is 2.74. The van der Waals surface area contributed by atoms with Gasteiger partial charge < -0.3 is 9.47 Å². The standard InChI is InChI=1S/C11H12N2O3/c1-15-8-3-4-9(10(7-8)16-2)13-11(14)5-6-12-13/h3-7,12H,1-2H3. The van der Waals surface area contributed by atoms with Crippen LogP contribution in [0.15, 0.2) is 35.3 Å². The predicted molar refractivity (Wildman–Crippen MR) is 59.5 cm³/mol. The summed E-state index contributed by atoms with van der Waals surface area (Å²) in [6, 6.07) is 6.70. The van der Waals surface area contributed by atoms with Gasteiger partial charge in [0, 0.05) is 18.3 Å². The third-order valence-electron chi connectivity index (χ3n) is 2.28. The smallest absolute Gasteiger partial charge is 0.271 e. The van der Waals surface area contributed by atoms with Crippen LogP contribution in [0.2, 0.25) is 0 Å². The van der Waals surface area contributed by atoms with Gasteiger partial charge in [-0.3, -0.25) is 9.89 Å². The number of nitrogens with one attached hydrogen (secondary N) is 1. The number of benzene rings is 1. The molecule has 0 spiro atoms. The van der Waals surface area contributed by atoms with E-state index >= 15 is 0 Å². The summed E-state index contributed by atoms with van der Waals surface area (Å²) in [7, 11) is 3.13. The fraction of sp³-hybridized carbons (Fsp3) is 0.182. The normalized spacial score (nSPS) is 10.1. The summed E-state index contributed by atoms with van der Waals surface area (Å²) in [5.41, 5.74) is 0.516. The Morgan fingerprint density at radius 2 is 2.00 bits per heavy atom. The highest BCUT2D eigenvalue weighted by atomic mass is 16.5. The zero-order valence-electron chi connectivity index (χ0n) is 9.06. The van der Waals surface area contributed by atoms with Crippen molar-refractivity contribution in [1.29, 1.82) is 0 Å². The van der Waals surface area contributed by atoms with Crippen molar-refractivity contribution < 1.29 is 9.47 Å². The molecule has 1 aromatic carbocycles. The van der Waals surface area contributed by atoms with Crippen molar-refractivity contribution in [3.8, 4) is 17.2 Å². The summed E-state index contributed by atoms with van der Waals surface area (Å²) in [5.74, 6) is 1.25. The van der Waals surface area contributed by atoms with Crippen LogP contribution in [0.25, 0.3) is 5.69 Å². The van der Waals surface area contributed by atoms with Crippen LogP contribution in [0.3, 0.4) is 0 Å². The lowest BCUT2D eigenvalue weighted by atomic mass is 10.2. The first-order valence-electron chi connectivity index (χ1n) is 4.75. The molecule has 0 bridgehead atoms. The molecule has 1 aromatic heterocycles. The number of nitrogens with zero attached hydrogens (tertiary/aromatic N) is 1. The van der Waals surface area contributed by atoms with E-state index in [1.807, 2.05) is 0 Å². The van der Waals surface area contributed by atoms with Crippen LogP contribution in [-0.2, 0) is 0 Å². The van der Waals surface area contributed by atoms with Crippen molar-refractivity contribution in [2.45, 2.75) is 0 Å². The van der Waals surface area contributed by atoms with Crippen LogP contribution in [0.1, 0.15) is 0 Å². The Hall–Kier alpha value is -2.17. The monoisotopic (exact) mass is 220 g/mol. The molecule has 0 unspecified atom stereocenters. The van der Waals surface area contributed by atoms with Crippen molar-refractivity contribution in [1.82, 2.24) is 9.78 Å². The maximum Gasteiger partial charge on any atom is 0.271 e. The van der Waals surface area contributed by atoms with Gasteiger partial charge in [0.15, 0.2) is 0 Å². The van der Waals surface area contributed by atoms with Gasteiger partial charge in [-0.05, 0) is 12.1 Å². The van der Waals surface area contributed by atoms with E-state index in [1.54, 1.807) is 38.6 Å². The number of hydrogen-bond acceptors (Lipinski definition) is 3. The molecule has 5 nitrogen and oxygen atoms in total. The summed E-state index contributed by atoms with van der Waals surface area (Å²) in [5, 5.41) is 2.82. The molecule has 0 saturated heterocycles. The van der Waals surface area contributed by atoms with E-state index in [-0.39, 0.29) is 5.56 Å². The third-order valence-corrected chi connectivity index (χ3v) is 2.28. The molecule has 0 radical (unpaired) electrons. The number of aromatic nitrogens is 2. The molecule has 2 rings (SSSR count). The SMILES string of the molecule is COc1ccc(-n2[nH]ccc2=O)c(OC)c1. The number of hydrogen-bond donors (Lipinski definition) is 1. The molecule has 2 aromatic rings. The minimum absolute atomic E-state index is 0.136. The Morgan fingerprint density at radius 3 is 2.56 bits per heavy atom. The lowest BCUT2D eigenvalue weighted by molar-refractivity contribution is 0.392. The highest BCUT2D eigenvalue weighted by molar-refractivity contribution is 5.50. The minimum atomic E-state index is -0.136. The maximum atomic E-state index is 11.5. The van der Waals surface area contributed by atoms with E-state index in [2.05, 4.69) is 5.10 Å². The van der Waals surface area contributed by atoms with Crippen molar-refractivity contribution in [3.63, 3.8) is 0 Å². The Bertz CT molecular complexity index is 542. The number of H-pyrrole nitrogens is 1.